The molecule has 0 radical (unpaired) electrons. The number of fused-ring (bicyclic) bond motifs is 1. The maximum atomic E-state index is 12.5. The Kier molecular flexibility index (Phi) is 3.02. The zero-order valence-electron chi connectivity index (χ0n) is 11.3. The molecule has 0 spiro atoms. The maximum Gasteiger partial charge on any atom is 0.337 e. The molecule has 5 nitrogen and oxygen atoms in total. The third-order valence-corrected chi connectivity index (χ3v) is 3.32. The summed E-state index contributed by atoms with van der Waals surface area (Å²) in [6.45, 7) is 1.88. The molecule has 0 aliphatic rings. The quantitative estimate of drug-likeness (QED) is 0.783. The molecule has 0 aliphatic carbocycles. The second kappa shape index (κ2) is 4.86. The summed E-state index contributed by atoms with van der Waals surface area (Å²) >= 11 is 0. The van der Waals surface area contributed by atoms with Gasteiger partial charge in [-0.05, 0) is 31.2 Å². The molecule has 0 aliphatic heterocycles. The number of aromatic carboxylic acids is 1. The van der Waals surface area contributed by atoms with Gasteiger partial charge in [0.2, 0.25) is 0 Å². The second-order valence-corrected chi connectivity index (χ2v) is 4.79. The van der Waals surface area contributed by atoms with Gasteiger partial charge in [0, 0.05) is 24.0 Å². The summed E-state index contributed by atoms with van der Waals surface area (Å²) in [5, 5.41) is 9.86. The third-order valence-electron chi connectivity index (χ3n) is 3.32. The van der Waals surface area contributed by atoms with Crippen molar-refractivity contribution < 1.29 is 14.7 Å². The van der Waals surface area contributed by atoms with E-state index in [0.29, 0.717) is 16.5 Å². The summed E-state index contributed by atoms with van der Waals surface area (Å²) in [7, 11) is 0. The van der Waals surface area contributed by atoms with Crippen molar-refractivity contribution in [3.05, 3.63) is 65.6 Å². The summed E-state index contributed by atoms with van der Waals surface area (Å²) in [5.74, 6) is -1.35. The Morgan fingerprint density at radius 3 is 2.71 bits per heavy atom. The zero-order chi connectivity index (χ0) is 15.0. The lowest BCUT2D eigenvalue weighted by Gasteiger charge is -2.03. The van der Waals surface area contributed by atoms with Gasteiger partial charge in [-0.1, -0.05) is 11.6 Å². The van der Waals surface area contributed by atoms with Crippen LogP contribution in [0.15, 0.2) is 48.9 Å². The summed E-state index contributed by atoms with van der Waals surface area (Å²) in [5.41, 5.74) is 2.04. The Hall–Kier alpha value is -2.95. The summed E-state index contributed by atoms with van der Waals surface area (Å²) in [4.78, 5) is 27.8. The molecule has 21 heavy (non-hydrogen) atoms. The van der Waals surface area contributed by atoms with Crippen molar-refractivity contribution in [3.63, 3.8) is 0 Å². The summed E-state index contributed by atoms with van der Waals surface area (Å²) in [6.07, 6.45) is 4.40. The fourth-order valence-corrected chi connectivity index (χ4v) is 2.31. The SMILES string of the molecule is Cc1ccc2c(c1)c(C(=O)O)cn2C(=O)c1cccnc1. The molecule has 0 atom stereocenters. The minimum absolute atomic E-state index is 0.117. The Labute approximate surface area is 120 Å². The highest BCUT2D eigenvalue weighted by atomic mass is 16.4. The van der Waals surface area contributed by atoms with Crippen molar-refractivity contribution in [2.45, 2.75) is 6.92 Å². The molecule has 104 valence electrons. The van der Waals surface area contributed by atoms with Gasteiger partial charge >= 0.3 is 5.97 Å². The van der Waals surface area contributed by atoms with Crippen LogP contribution in [0.5, 0.6) is 0 Å². The summed E-state index contributed by atoms with van der Waals surface area (Å²) < 4.78 is 1.36. The molecular weight excluding hydrogens is 268 g/mol. The number of benzene rings is 1. The van der Waals surface area contributed by atoms with Crippen molar-refractivity contribution >= 4 is 22.8 Å². The van der Waals surface area contributed by atoms with E-state index >= 15 is 0 Å². The lowest BCUT2D eigenvalue weighted by molar-refractivity contribution is 0.0699. The van der Waals surface area contributed by atoms with Crippen molar-refractivity contribution in [3.8, 4) is 0 Å². The van der Waals surface area contributed by atoms with Crippen LogP contribution in [0.25, 0.3) is 10.9 Å². The molecule has 0 bridgehead atoms. The van der Waals surface area contributed by atoms with Crippen LogP contribution in [-0.2, 0) is 0 Å². The van der Waals surface area contributed by atoms with Crippen molar-refractivity contribution in [1.29, 1.82) is 0 Å². The van der Waals surface area contributed by atoms with Crippen LogP contribution < -0.4 is 0 Å². The number of hydrogen-bond donors (Lipinski definition) is 1. The van der Waals surface area contributed by atoms with Crippen LogP contribution in [0.4, 0.5) is 0 Å². The van der Waals surface area contributed by atoms with E-state index in [0.717, 1.165) is 5.56 Å². The van der Waals surface area contributed by atoms with Gasteiger partial charge in [0.15, 0.2) is 0 Å². The van der Waals surface area contributed by atoms with Gasteiger partial charge in [-0.3, -0.25) is 14.3 Å². The van der Waals surface area contributed by atoms with Gasteiger partial charge < -0.3 is 5.11 Å². The fraction of sp³-hybridized carbons (Fsp3) is 0.0625. The first-order valence-electron chi connectivity index (χ1n) is 6.37. The second-order valence-electron chi connectivity index (χ2n) is 4.79. The first kappa shape index (κ1) is 13.1. The van der Waals surface area contributed by atoms with Gasteiger partial charge in [-0.25, -0.2) is 4.79 Å². The van der Waals surface area contributed by atoms with E-state index in [-0.39, 0.29) is 11.5 Å². The smallest absolute Gasteiger partial charge is 0.337 e. The first-order chi connectivity index (χ1) is 10.1. The number of aromatic nitrogens is 2. The zero-order valence-corrected chi connectivity index (χ0v) is 11.3. The Bertz CT molecular complexity index is 851. The molecule has 0 saturated heterocycles. The number of hydrogen-bond acceptors (Lipinski definition) is 3. The van der Waals surface area contributed by atoms with Crippen molar-refractivity contribution in [2.24, 2.45) is 0 Å². The molecule has 0 fully saturated rings. The van der Waals surface area contributed by atoms with E-state index < -0.39 is 5.97 Å². The topological polar surface area (TPSA) is 72.2 Å². The Balaban J connectivity index is 2.24. The average Bonchev–Trinajstić information content (AvgIpc) is 2.86. The standard InChI is InChI=1S/C16H12N2O3/c1-10-4-5-14-12(7-10)13(16(20)21)9-18(14)15(19)11-3-2-6-17-8-11/h2-9H,1H3,(H,20,21). The first-order valence-corrected chi connectivity index (χ1v) is 6.37. The molecule has 2 aromatic heterocycles. The number of aryl methyl sites for hydroxylation is 1. The molecule has 2 heterocycles. The highest BCUT2D eigenvalue weighted by molar-refractivity contribution is 6.09. The minimum Gasteiger partial charge on any atom is -0.478 e. The van der Waals surface area contributed by atoms with Gasteiger partial charge in [0.25, 0.3) is 5.91 Å². The fourth-order valence-electron chi connectivity index (χ4n) is 2.31. The molecule has 0 amide bonds. The van der Waals surface area contributed by atoms with E-state index in [4.69, 9.17) is 0 Å². The molecule has 1 aromatic carbocycles. The number of carbonyl (C=O) groups is 2. The predicted octanol–water partition coefficient (Wildman–Crippen LogP) is 2.73. The predicted molar refractivity (Wildman–Crippen MR) is 77.6 cm³/mol. The van der Waals surface area contributed by atoms with Crippen molar-refractivity contribution in [1.82, 2.24) is 9.55 Å². The number of nitrogens with zero attached hydrogens (tertiary/aromatic N) is 2. The normalized spacial score (nSPS) is 10.7. The van der Waals surface area contributed by atoms with Gasteiger partial charge in [-0.2, -0.15) is 0 Å². The van der Waals surface area contributed by atoms with E-state index in [9.17, 15) is 14.7 Å². The minimum atomic E-state index is -1.05. The van der Waals surface area contributed by atoms with Gasteiger partial charge in [0.05, 0.1) is 16.6 Å². The van der Waals surface area contributed by atoms with Crippen LogP contribution in [0.3, 0.4) is 0 Å². The number of pyridine rings is 1. The number of rotatable bonds is 2. The highest BCUT2D eigenvalue weighted by Crippen LogP contribution is 2.23. The van der Waals surface area contributed by atoms with E-state index in [1.165, 1.54) is 17.0 Å². The van der Waals surface area contributed by atoms with Crippen LogP contribution in [0, 0.1) is 6.92 Å². The Morgan fingerprint density at radius 1 is 1.24 bits per heavy atom. The number of carbonyl (C=O) groups excluding carboxylic acids is 1. The molecule has 3 rings (SSSR count). The van der Waals surface area contributed by atoms with Crippen LogP contribution in [0.1, 0.15) is 26.3 Å². The Morgan fingerprint density at radius 2 is 2.05 bits per heavy atom. The van der Waals surface area contributed by atoms with Crippen molar-refractivity contribution in [2.75, 3.05) is 0 Å². The molecule has 0 unspecified atom stereocenters. The molecule has 0 saturated carbocycles. The van der Waals surface area contributed by atoms with Crippen LogP contribution >= 0.6 is 0 Å². The number of carboxylic acids is 1. The van der Waals surface area contributed by atoms with E-state index in [1.807, 2.05) is 13.0 Å². The molecule has 3 aromatic rings. The molecular formula is C16H12N2O3. The third kappa shape index (κ3) is 2.18. The largest absolute Gasteiger partial charge is 0.478 e. The van der Waals surface area contributed by atoms with Crippen LogP contribution in [0.2, 0.25) is 0 Å². The monoisotopic (exact) mass is 280 g/mol. The summed E-state index contributed by atoms with van der Waals surface area (Å²) in [6, 6.07) is 8.69. The maximum absolute atomic E-state index is 12.5. The number of carboxylic acid groups (broad SMARTS) is 1. The van der Waals surface area contributed by atoms with E-state index in [2.05, 4.69) is 4.98 Å². The average molecular weight is 280 g/mol. The van der Waals surface area contributed by atoms with Gasteiger partial charge in [-0.15, -0.1) is 0 Å². The lowest BCUT2D eigenvalue weighted by atomic mass is 10.1. The molecule has 5 heteroatoms. The van der Waals surface area contributed by atoms with E-state index in [1.54, 1.807) is 30.5 Å². The van der Waals surface area contributed by atoms with Gasteiger partial charge in [0.1, 0.15) is 0 Å². The highest BCUT2D eigenvalue weighted by Gasteiger charge is 2.18. The lowest BCUT2D eigenvalue weighted by Crippen LogP contribution is -2.11. The molecule has 1 N–H and O–H groups in total. The van der Waals surface area contributed by atoms with Crippen LogP contribution in [-0.4, -0.2) is 26.5 Å².